The summed E-state index contributed by atoms with van der Waals surface area (Å²) < 4.78 is 5.86. The van der Waals surface area contributed by atoms with Crippen molar-refractivity contribution in [3.63, 3.8) is 0 Å². The zero-order chi connectivity index (χ0) is 12.2. The van der Waals surface area contributed by atoms with Gasteiger partial charge in [0.25, 0.3) is 0 Å². The van der Waals surface area contributed by atoms with Gasteiger partial charge in [-0.15, -0.1) is 0 Å². The minimum atomic E-state index is 0.0615. The maximum Gasteiger partial charge on any atom is 0.186 e. The SMILES string of the molecule is CCCCC[C@@H](C)C1=NC(C)(C)C[C@@H](C)O1. The average Bonchev–Trinajstić information content (AvgIpc) is 2.14. The summed E-state index contributed by atoms with van der Waals surface area (Å²) in [7, 11) is 0. The van der Waals surface area contributed by atoms with Crippen molar-refractivity contribution in [2.24, 2.45) is 10.9 Å². The number of hydrogen-bond acceptors (Lipinski definition) is 2. The third-order valence-corrected chi connectivity index (χ3v) is 3.18. The Hall–Kier alpha value is -0.530. The Morgan fingerprint density at radius 2 is 2.12 bits per heavy atom. The smallest absolute Gasteiger partial charge is 0.186 e. The van der Waals surface area contributed by atoms with Crippen molar-refractivity contribution >= 4 is 5.90 Å². The average molecular weight is 225 g/mol. The lowest BCUT2D eigenvalue weighted by Gasteiger charge is -2.33. The van der Waals surface area contributed by atoms with E-state index in [0.717, 1.165) is 12.3 Å². The summed E-state index contributed by atoms with van der Waals surface area (Å²) in [4.78, 5) is 4.74. The van der Waals surface area contributed by atoms with Crippen molar-refractivity contribution in [3.8, 4) is 0 Å². The molecule has 0 aromatic carbocycles. The molecule has 1 heterocycles. The van der Waals surface area contributed by atoms with Gasteiger partial charge in [-0.05, 0) is 27.2 Å². The van der Waals surface area contributed by atoms with Crippen LogP contribution >= 0.6 is 0 Å². The molecule has 0 bridgehead atoms. The Balaban J connectivity index is 2.54. The molecule has 0 fully saturated rings. The molecule has 0 amide bonds. The van der Waals surface area contributed by atoms with Gasteiger partial charge in [0.05, 0.1) is 11.6 Å². The van der Waals surface area contributed by atoms with Crippen LogP contribution in [0.2, 0.25) is 0 Å². The van der Waals surface area contributed by atoms with Gasteiger partial charge in [-0.2, -0.15) is 0 Å². The van der Waals surface area contributed by atoms with Crippen LogP contribution in [0.5, 0.6) is 0 Å². The number of ether oxygens (including phenoxy) is 1. The van der Waals surface area contributed by atoms with Crippen molar-refractivity contribution in [1.82, 2.24) is 0 Å². The molecule has 0 N–H and O–H groups in total. The fourth-order valence-corrected chi connectivity index (χ4v) is 2.37. The summed E-state index contributed by atoms with van der Waals surface area (Å²) >= 11 is 0. The standard InChI is InChI=1S/C14H27NO/c1-6-7-8-9-11(2)13-15-14(4,5)10-12(3)16-13/h11-12H,6-10H2,1-5H3/t11-,12-/m1/s1. The van der Waals surface area contributed by atoms with Gasteiger partial charge in [0.15, 0.2) is 5.90 Å². The van der Waals surface area contributed by atoms with Crippen LogP contribution in [0, 0.1) is 5.92 Å². The number of hydrogen-bond donors (Lipinski definition) is 0. The Bertz CT molecular complexity index is 245. The van der Waals surface area contributed by atoms with Gasteiger partial charge in [0.2, 0.25) is 0 Å². The van der Waals surface area contributed by atoms with Crippen LogP contribution in [0.3, 0.4) is 0 Å². The molecule has 0 saturated heterocycles. The molecule has 0 unspecified atom stereocenters. The highest BCUT2D eigenvalue weighted by Crippen LogP contribution is 2.27. The van der Waals surface area contributed by atoms with Crippen LogP contribution in [0.15, 0.2) is 4.99 Å². The molecule has 0 aliphatic carbocycles. The fraction of sp³-hybridized carbons (Fsp3) is 0.929. The quantitative estimate of drug-likeness (QED) is 0.643. The van der Waals surface area contributed by atoms with Gasteiger partial charge in [0.1, 0.15) is 0 Å². The summed E-state index contributed by atoms with van der Waals surface area (Å²) in [5, 5.41) is 0. The largest absolute Gasteiger partial charge is 0.478 e. The Morgan fingerprint density at radius 3 is 2.69 bits per heavy atom. The van der Waals surface area contributed by atoms with E-state index in [9.17, 15) is 0 Å². The van der Waals surface area contributed by atoms with Crippen LogP contribution in [0.1, 0.15) is 66.7 Å². The molecular formula is C14H27NO. The first kappa shape index (κ1) is 13.5. The molecule has 2 atom stereocenters. The first-order chi connectivity index (χ1) is 7.44. The highest BCUT2D eigenvalue weighted by molar-refractivity contribution is 5.79. The number of aliphatic imine (C=N–C) groups is 1. The van der Waals surface area contributed by atoms with Crippen molar-refractivity contribution in [2.45, 2.75) is 78.4 Å². The minimum absolute atomic E-state index is 0.0615. The zero-order valence-electron chi connectivity index (χ0n) is 11.5. The summed E-state index contributed by atoms with van der Waals surface area (Å²) in [5.41, 5.74) is 0.0615. The highest BCUT2D eigenvalue weighted by Gasteiger charge is 2.29. The number of nitrogens with zero attached hydrogens (tertiary/aromatic N) is 1. The van der Waals surface area contributed by atoms with Gasteiger partial charge in [-0.1, -0.05) is 33.1 Å². The van der Waals surface area contributed by atoms with E-state index in [2.05, 4.69) is 34.6 Å². The number of rotatable bonds is 5. The molecule has 0 aromatic heterocycles. The lowest BCUT2D eigenvalue weighted by Crippen LogP contribution is -2.36. The van der Waals surface area contributed by atoms with Gasteiger partial charge in [-0.3, -0.25) is 0 Å². The minimum Gasteiger partial charge on any atom is -0.478 e. The third kappa shape index (κ3) is 4.15. The monoisotopic (exact) mass is 225 g/mol. The molecule has 2 nitrogen and oxygen atoms in total. The second-order valence-corrected chi connectivity index (χ2v) is 5.79. The van der Waals surface area contributed by atoms with Crippen LogP contribution in [0.25, 0.3) is 0 Å². The lowest BCUT2D eigenvalue weighted by molar-refractivity contribution is 0.131. The zero-order valence-corrected chi connectivity index (χ0v) is 11.5. The normalized spacial score (nSPS) is 25.8. The van der Waals surface area contributed by atoms with E-state index in [1.165, 1.54) is 25.7 Å². The summed E-state index contributed by atoms with van der Waals surface area (Å²) in [6.07, 6.45) is 6.43. The fourth-order valence-electron chi connectivity index (χ4n) is 2.37. The second-order valence-electron chi connectivity index (χ2n) is 5.79. The van der Waals surface area contributed by atoms with Crippen molar-refractivity contribution in [3.05, 3.63) is 0 Å². The molecule has 94 valence electrons. The maximum atomic E-state index is 5.86. The van der Waals surface area contributed by atoms with Gasteiger partial charge >= 0.3 is 0 Å². The molecular weight excluding hydrogens is 198 g/mol. The van der Waals surface area contributed by atoms with E-state index in [4.69, 9.17) is 9.73 Å². The van der Waals surface area contributed by atoms with E-state index in [1.54, 1.807) is 0 Å². The topological polar surface area (TPSA) is 21.6 Å². The van der Waals surface area contributed by atoms with E-state index in [-0.39, 0.29) is 5.54 Å². The Kier molecular flexibility index (Phi) is 4.82. The van der Waals surface area contributed by atoms with Crippen molar-refractivity contribution in [1.29, 1.82) is 0 Å². The van der Waals surface area contributed by atoms with Crippen molar-refractivity contribution < 1.29 is 4.74 Å². The van der Waals surface area contributed by atoms with E-state index in [0.29, 0.717) is 12.0 Å². The van der Waals surface area contributed by atoms with E-state index >= 15 is 0 Å². The molecule has 1 aliphatic rings. The van der Waals surface area contributed by atoms with Gasteiger partial charge < -0.3 is 4.74 Å². The van der Waals surface area contributed by atoms with Crippen LogP contribution < -0.4 is 0 Å². The van der Waals surface area contributed by atoms with Crippen molar-refractivity contribution in [2.75, 3.05) is 0 Å². The molecule has 2 heteroatoms. The molecule has 1 aliphatic heterocycles. The van der Waals surface area contributed by atoms with Gasteiger partial charge in [-0.25, -0.2) is 4.99 Å². The predicted molar refractivity (Wildman–Crippen MR) is 70.0 cm³/mol. The first-order valence-corrected chi connectivity index (χ1v) is 6.71. The molecule has 0 aromatic rings. The molecule has 1 rings (SSSR count). The molecule has 0 spiro atoms. The summed E-state index contributed by atoms with van der Waals surface area (Å²) in [6, 6.07) is 0. The van der Waals surface area contributed by atoms with Crippen LogP contribution in [-0.4, -0.2) is 17.5 Å². The molecule has 16 heavy (non-hydrogen) atoms. The Morgan fingerprint density at radius 1 is 1.44 bits per heavy atom. The summed E-state index contributed by atoms with van der Waals surface area (Å²) in [5.74, 6) is 1.47. The van der Waals surface area contributed by atoms with E-state index < -0.39 is 0 Å². The Labute approximate surface area is 100 Å². The molecule has 0 saturated carbocycles. The molecule has 0 radical (unpaired) electrons. The highest BCUT2D eigenvalue weighted by atomic mass is 16.5. The third-order valence-electron chi connectivity index (χ3n) is 3.18. The second kappa shape index (κ2) is 5.70. The van der Waals surface area contributed by atoms with Crippen LogP contribution in [-0.2, 0) is 4.74 Å². The number of unbranched alkanes of at least 4 members (excludes halogenated alkanes) is 2. The lowest BCUT2D eigenvalue weighted by atomic mass is 9.94. The van der Waals surface area contributed by atoms with Gasteiger partial charge in [0, 0.05) is 12.3 Å². The van der Waals surface area contributed by atoms with E-state index in [1.807, 2.05) is 0 Å². The maximum absolute atomic E-state index is 5.86. The predicted octanol–water partition coefficient (Wildman–Crippen LogP) is 4.19. The first-order valence-electron chi connectivity index (χ1n) is 6.71. The van der Waals surface area contributed by atoms with Crippen LogP contribution in [0.4, 0.5) is 0 Å². The summed E-state index contributed by atoms with van der Waals surface area (Å²) in [6.45, 7) is 11.0.